The van der Waals surface area contributed by atoms with Crippen molar-refractivity contribution < 1.29 is 9.53 Å². The van der Waals surface area contributed by atoms with Gasteiger partial charge in [-0.1, -0.05) is 30.0 Å². The van der Waals surface area contributed by atoms with Crippen LogP contribution in [0.5, 0.6) is 5.75 Å². The summed E-state index contributed by atoms with van der Waals surface area (Å²) in [4.78, 5) is 19.4. The highest BCUT2D eigenvalue weighted by Gasteiger charge is 2.22. The Balaban J connectivity index is 1.38. The average Bonchev–Trinajstić information content (AvgIpc) is 3.32. The van der Waals surface area contributed by atoms with Gasteiger partial charge in [0.05, 0.1) is 15.9 Å². The summed E-state index contributed by atoms with van der Waals surface area (Å²) in [6.07, 6.45) is 6.08. The third-order valence-corrected chi connectivity index (χ3v) is 6.76. The largest absolute Gasteiger partial charge is 0.490 e. The smallest absolute Gasteiger partial charge is 0.263 e. The minimum Gasteiger partial charge on any atom is -0.490 e. The van der Waals surface area contributed by atoms with Gasteiger partial charge < -0.3 is 15.0 Å². The Morgan fingerprint density at radius 1 is 1.19 bits per heavy atom. The molecule has 2 aliphatic heterocycles. The second-order valence-electron chi connectivity index (χ2n) is 7.83. The van der Waals surface area contributed by atoms with Gasteiger partial charge >= 0.3 is 0 Å². The normalized spacial score (nSPS) is 19.3. The highest BCUT2D eigenvalue weighted by molar-refractivity contribution is 8.26. The van der Waals surface area contributed by atoms with Gasteiger partial charge in [0, 0.05) is 18.8 Å². The van der Waals surface area contributed by atoms with Crippen molar-refractivity contribution in [1.82, 2.24) is 19.8 Å². The van der Waals surface area contributed by atoms with Crippen LogP contribution in [0, 0.1) is 0 Å². The number of fused-ring (bicyclic) bond motifs is 1. The number of carbonyl (C=O) groups is 1. The lowest BCUT2D eigenvalue weighted by molar-refractivity contribution is -0.115. The molecule has 8 heteroatoms. The van der Waals surface area contributed by atoms with E-state index in [1.807, 2.05) is 47.3 Å². The molecule has 2 aliphatic rings. The average molecular weight is 451 g/mol. The molecule has 158 valence electrons. The van der Waals surface area contributed by atoms with Crippen LogP contribution in [0.1, 0.15) is 18.4 Å². The van der Waals surface area contributed by atoms with Crippen molar-refractivity contribution in [1.29, 1.82) is 0 Å². The van der Waals surface area contributed by atoms with Crippen LogP contribution in [-0.2, 0) is 4.79 Å². The Bertz CT molecular complexity index is 1180. The zero-order valence-corrected chi connectivity index (χ0v) is 18.7. The third kappa shape index (κ3) is 4.37. The van der Waals surface area contributed by atoms with E-state index in [1.54, 1.807) is 0 Å². The van der Waals surface area contributed by atoms with E-state index in [0.29, 0.717) is 9.23 Å². The summed E-state index contributed by atoms with van der Waals surface area (Å²) >= 11 is 6.35. The lowest BCUT2D eigenvalue weighted by Gasteiger charge is -2.29. The number of amides is 1. The number of piperidine rings is 1. The van der Waals surface area contributed by atoms with Crippen molar-refractivity contribution in [2.24, 2.45) is 0 Å². The number of hydrogen-bond donors (Lipinski definition) is 1. The van der Waals surface area contributed by atoms with Crippen LogP contribution in [0.2, 0.25) is 0 Å². The Morgan fingerprint density at radius 3 is 2.68 bits per heavy atom. The molecule has 1 aromatic heterocycles. The first-order valence-electron chi connectivity index (χ1n) is 10.2. The molecule has 6 nitrogen and oxygen atoms in total. The molecule has 0 atom stereocenters. The van der Waals surface area contributed by atoms with Crippen LogP contribution in [-0.4, -0.2) is 50.9 Å². The molecule has 3 aromatic rings. The summed E-state index contributed by atoms with van der Waals surface area (Å²) in [6.45, 7) is 2.16. The number of imidazole rings is 1. The van der Waals surface area contributed by atoms with Gasteiger partial charge in [-0.05, 0) is 67.9 Å². The Labute approximate surface area is 190 Å². The van der Waals surface area contributed by atoms with E-state index in [1.165, 1.54) is 11.8 Å². The molecular weight excluding hydrogens is 428 g/mol. The van der Waals surface area contributed by atoms with Crippen LogP contribution >= 0.6 is 24.0 Å². The second-order valence-corrected chi connectivity index (χ2v) is 9.55. The fourth-order valence-corrected chi connectivity index (χ4v) is 4.92. The lowest BCUT2D eigenvalue weighted by atomic mass is 10.1. The number of ether oxygens (including phenoxy) is 1. The zero-order valence-electron chi connectivity index (χ0n) is 17.1. The zero-order chi connectivity index (χ0) is 21.4. The van der Waals surface area contributed by atoms with E-state index in [4.69, 9.17) is 17.0 Å². The van der Waals surface area contributed by atoms with Gasteiger partial charge in [0.2, 0.25) is 0 Å². The topological polar surface area (TPSA) is 59.4 Å². The number of likely N-dealkylation sites (tertiary alicyclic amines) is 1. The van der Waals surface area contributed by atoms with Gasteiger partial charge in [-0.15, -0.1) is 0 Å². The van der Waals surface area contributed by atoms with Gasteiger partial charge in [-0.2, -0.15) is 0 Å². The molecule has 0 aliphatic carbocycles. The van der Waals surface area contributed by atoms with Crippen molar-refractivity contribution in [3.05, 3.63) is 59.3 Å². The van der Waals surface area contributed by atoms with E-state index in [-0.39, 0.29) is 12.0 Å². The van der Waals surface area contributed by atoms with Crippen LogP contribution in [0.15, 0.2) is 53.7 Å². The molecule has 0 radical (unpaired) electrons. The van der Waals surface area contributed by atoms with Crippen LogP contribution < -0.4 is 10.1 Å². The molecule has 3 heterocycles. The SMILES string of the molecule is CN1CCC(Oc2ccc(-n3cnc4ccc(/C=C5\SC(=S)NC5=O)cc43)cc2)CC1. The first-order valence-corrected chi connectivity index (χ1v) is 11.5. The Kier molecular flexibility index (Phi) is 5.52. The van der Waals surface area contributed by atoms with E-state index < -0.39 is 0 Å². The second kappa shape index (κ2) is 8.45. The van der Waals surface area contributed by atoms with Gasteiger partial charge in [-0.25, -0.2) is 4.98 Å². The van der Waals surface area contributed by atoms with Crippen molar-refractivity contribution in [3.63, 3.8) is 0 Å². The van der Waals surface area contributed by atoms with E-state index in [0.717, 1.165) is 54.0 Å². The number of thioether (sulfide) groups is 1. The number of carbonyl (C=O) groups excluding carboxylic acids is 1. The maximum absolute atomic E-state index is 12.0. The maximum Gasteiger partial charge on any atom is 0.263 e. The number of nitrogens with zero attached hydrogens (tertiary/aromatic N) is 3. The molecule has 2 saturated heterocycles. The summed E-state index contributed by atoms with van der Waals surface area (Å²) in [5, 5.41) is 2.65. The van der Waals surface area contributed by atoms with Crippen LogP contribution in [0.25, 0.3) is 22.8 Å². The summed E-state index contributed by atoms with van der Waals surface area (Å²) in [7, 11) is 2.15. The number of hydrogen-bond acceptors (Lipinski definition) is 6. The molecule has 0 bridgehead atoms. The van der Waals surface area contributed by atoms with E-state index in [2.05, 4.69) is 34.4 Å². The van der Waals surface area contributed by atoms with Gasteiger partial charge in [0.25, 0.3) is 5.91 Å². The van der Waals surface area contributed by atoms with Gasteiger partial charge in [-0.3, -0.25) is 9.36 Å². The predicted molar refractivity (Wildman–Crippen MR) is 129 cm³/mol. The summed E-state index contributed by atoms with van der Waals surface area (Å²) in [6, 6.07) is 14.1. The van der Waals surface area contributed by atoms with Gasteiger partial charge in [0.15, 0.2) is 0 Å². The highest BCUT2D eigenvalue weighted by Crippen LogP contribution is 2.28. The summed E-state index contributed by atoms with van der Waals surface area (Å²) < 4.78 is 8.70. The lowest BCUT2D eigenvalue weighted by Crippen LogP contribution is -2.35. The molecule has 2 aromatic carbocycles. The number of nitrogens with one attached hydrogen (secondary N) is 1. The van der Waals surface area contributed by atoms with E-state index >= 15 is 0 Å². The molecule has 31 heavy (non-hydrogen) atoms. The molecule has 2 fully saturated rings. The molecule has 0 spiro atoms. The Morgan fingerprint density at radius 2 is 1.97 bits per heavy atom. The molecular formula is C23H22N4O2S2. The third-order valence-electron chi connectivity index (χ3n) is 5.59. The summed E-state index contributed by atoms with van der Waals surface area (Å²) in [5.74, 6) is 0.747. The quantitative estimate of drug-likeness (QED) is 0.479. The molecule has 5 rings (SSSR count). The van der Waals surface area contributed by atoms with Crippen LogP contribution in [0.3, 0.4) is 0 Å². The predicted octanol–water partition coefficient (Wildman–Crippen LogP) is 3.99. The molecule has 0 saturated carbocycles. The minimum atomic E-state index is -0.149. The minimum absolute atomic E-state index is 0.149. The number of thiocarbonyl (C=S) groups is 1. The first-order chi connectivity index (χ1) is 15.0. The maximum atomic E-state index is 12.0. The molecule has 0 unspecified atom stereocenters. The molecule has 1 amide bonds. The van der Waals surface area contributed by atoms with Crippen LogP contribution in [0.4, 0.5) is 0 Å². The summed E-state index contributed by atoms with van der Waals surface area (Å²) in [5.41, 5.74) is 3.81. The van der Waals surface area contributed by atoms with E-state index in [9.17, 15) is 4.79 Å². The number of aromatic nitrogens is 2. The fourth-order valence-electron chi connectivity index (χ4n) is 3.87. The number of benzene rings is 2. The van der Waals surface area contributed by atoms with Gasteiger partial charge in [0.1, 0.15) is 22.5 Å². The van der Waals surface area contributed by atoms with Crippen molar-refractivity contribution in [2.45, 2.75) is 18.9 Å². The molecule has 1 N–H and O–H groups in total. The Hall–Kier alpha value is -2.68. The fraction of sp³-hybridized carbons (Fsp3) is 0.261. The highest BCUT2D eigenvalue weighted by atomic mass is 32.2. The standard InChI is InChI=1S/C23H22N4O2S2/c1-26-10-8-18(9-11-26)29-17-5-3-16(4-6-17)27-14-24-19-7-2-15(12-20(19)27)13-21-22(28)25-23(30)31-21/h2-7,12-14,18H,8-11H2,1H3,(H,25,28,30)/b21-13-. The van der Waals surface area contributed by atoms with Crippen molar-refractivity contribution in [2.75, 3.05) is 20.1 Å². The van der Waals surface area contributed by atoms with Crippen molar-refractivity contribution in [3.8, 4) is 11.4 Å². The monoisotopic (exact) mass is 450 g/mol. The first kappa shape index (κ1) is 20.2. The van der Waals surface area contributed by atoms with Crippen molar-refractivity contribution >= 4 is 51.3 Å². The number of rotatable bonds is 4.